The molecule has 0 saturated carbocycles. The van der Waals surface area contributed by atoms with Crippen LogP contribution in [0.2, 0.25) is 0 Å². The molecule has 1 aromatic heterocycles. The van der Waals surface area contributed by atoms with Crippen molar-refractivity contribution in [1.82, 2.24) is 9.97 Å². The Morgan fingerprint density at radius 3 is 2.89 bits per heavy atom. The molecule has 3 N–H and O–H groups in total. The Kier molecular flexibility index (Phi) is 4.03. The summed E-state index contributed by atoms with van der Waals surface area (Å²) in [5.74, 6) is 0.205. The topological polar surface area (TPSA) is 90.1 Å². The van der Waals surface area contributed by atoms with Gasteiger partial charge in [-0.3, -0.25) is 9.78 Å². The van der Waals surface area contributed by atoms with E-state index in [-0.39, 0.29) is 6.61 Å². The summed E-state index contributed by atoms with van der Waals surface area (Å²) in [6, 6.07) is 7.64. The molecule has 0 aliphatic rings. The van der Waals surface area contributed by atoms with E-state index in [1.165, 1.54) is 0 Å². The zero-order valence-corrected chi connectivity index (χ0v) is 9.80. The summed E-state index contributed by atoms with van der Waals surface area (Å²) in [4.78, 5) is 19.1. The fraction of sp³-hybridized carbons (Fsp3) is 0.250. The highest BCUT2D eigenvalue weighted by Gasteiger charge is 1.98. The second kappa shape index (κ2) is 5.92. The van der Waals surface area contributed by atoms with Crippen LogP contribution in [0.1, 0.15) is 0 Å². The van der Waals surface area contributed by atoms with Gasteiger partial charge >= 0.3 is 0 Å². The molecule has 18 heavy (non-hydrogen) atoms. The number of rotatable bonds is 6. The lowest BCUT2D eigenvalue weighted by Gasteiger charge is -2.06. The van der Waals surface area contributed by atoms with E-state index in [0.717, 1.165) is 11.0 Å². The van der Waals surface area contributed by atoms with Crippen LogP contribution in [0.5, 0.6) is 0 Å². The largest absolute Gasteiger partial charge is 0.370 e. The Bertz CT molecular complexity index is 544. The maximum Gasteiger partial charge on any atom is 0.243 e. The fourth-order valence-corrected chi connectivity index (χ4v) is 1.47. The molecular formula is C12H14N4O2. The van der Waals surface area contributed by atoms with Crippen molar-refractivity contribution in [1.29, 1.82) is 0 Å². The molecule has 0 unspecified atom stereocenters. The van der Waals surface area contributed by atoms with Crippen molar-refractivity contribution in [2.24, 2.45) is 5.73 Å². The van der Waals surface area contributed by atoms with Gasteiger partial charge in [-0.15, -0.1) is 0 Å². The number of aromatic nitrogens is 2. The number of hydrogen-bond donors (Lipinski definition) is 2. The summed E-state index contributed by atoms with van der Waals surface area (Å²) in [5.41, 5.74) is 6.63. The number of carbonyl (C=O) groups is 1. The van der Waals surface area contributed by atoms with E-state index < -0.39 is 5.91 Å². The molecular weight excluding hydrogens is 232 g/mol. The highest BCUT2D eigenvalue weighted by atomic mass is 16.5. The number of benzene rings is 1. The van der Waals surface area contributed by atoms with Gasteiger partial charge in [-0.25, -0.2) is 4.98 Å². The van der Waals surface area contributed by atoms with E-state index in [4.69, 9.17) is 10.5 Å². The van der Waals surface area contributed by atoms with Crippen molar-refractivity contribution in [2.45, 2.75) is 0 Å². The standard InChI is InChI=1S/C12H14N4O2/c13-11(17)8-18-6-5-14-12-7-15-9-3-1-2-4-10(9)16-12/h1-4,7H,5-6,8H2,(H2,13,17)(H,14,16). The summed E-state index contributed by atoms with van der Waals surface area (Å²) in [6.07, 6.45) is 1.66. The molecule has 0 saturated heterocycles. The third-order valence-electron chi connectivity index (χ3n) is 2.25. The van der Waals surface area contributed by atoms with Gasteiger partial charge in [-0.1, -0.05) is 12.1 Å². The average molecular weight is 246 g/mol. The van der Waals surface area contributed by atoms with Gasteiger partial charge in [-0.05, 0) is 12.1 Å². The van der Waals surface area contributed by atoms with Crippen molar-refractivity contribution >= 4 is 22.8 Å². The Balaban J connectivity index is 1.86. The third kappa shape index (κ3) is 3.39. The number of anilines is 1. The van der Waals surface area contributed by atoms with Gasteiger partial charge in [0.05, 0.1) is 23.8 Å². The number of para-hydroxylation sites is 2. The number of carbonyl (C=O) groups excluding carboxylic acids is 1. The Labute approximate surface area is 104 Å². The highest BCUT2D eigenvalue weighted by Crippen LogP contribution is 2.10. The molecule has 94 valence electrons. The van der Waals surface area contributed by atoms with Crippen LogP contribution in [0.15, 0.2) is 30.5 Å². The lowest BCUT2D eigenvalue weighted by Crippen LogP contribution is -2.20. The minimum Gasteiger partial charge on any atom is -0.370 e. The predicted octanol–water partition coefficient (Wildman–Crippen LogP) is 0.544. The van der Waals surface area contributed by atoms with Crippen LogP contribution in [-0.2, 0) is 9.53 Å². The molecule has 2 aromatic rings. The van der Waals surface area contributed by atoms with Crippen molar-refractivity contribution in [2.75, 3.05) is 25.1 Å². The number of nitrogens with one attached hydrogen (secondary N) is 1. The van der Waals surface area contributed by atoms with Gasteiger partial charge in [0.2, 0.25) is 5.91 Å². The van der Waals surface area contributed by atoms with E-state index in [2.05, 4.69) is 15.3 Å². The average Bonchev–Trinajstić information content (AvgIpc) is 2.38. The monoisotopic (exact) mass is 246 g/mol. The summed E-state index contributed by atoms with van der Waals surface area (Å²) >= 11 is 0. The zero-order valence-electron chi connectivity index (χ0n) is 9.80. The highest BCUT2D eigenvalue weighted by molar-refractivity contribution is 5.75. The first-order valence-electron chi connectivity index (χ1n) is 5.57. The summed E-state index contributed by atoms with van der Waals surface area (Å²) < 4.78 is 5.02. The van der Waals surface area contributed by atoms with E-state index in [1.807, 2.05) is 24.3 Å². The molecule has 0 fully saturated rings. The first-order chi connectivity index (χ1) is 8.75. The zero-order chi connectivity index (χ0) is 12.8. The van der Waals surface area contributed by atoms with E-state index >= 15 is 0 Å². The first-order valence-corrected chi connectivity index (χ1v) is 5.57. The predicted molar refractivity (Wildman–Crippen MR) is 68.0 cm³/mol. The molecule has 6 nitrogen and oxygen atoms in total. The van der Waals surface area contributed by atoms with Crippen molar-refractivity contribution in [3.63, 3.8) is 0 Å². The number of hydrogen-bond acceptors (Lipinski definition) is 5. The second-order valence-corrected chi connectivity index (χ2v) is 3.69. The number of amides is 1. The number of nitrogens with zero attached hydrogens (tertiary/aromatic N) is 2. The summed E-state index contributed by atoms with van der Waals surface area (Å²) in [5, 5.41) is 3.06. The quantitative estimate of drug-likeness (QED) is 0.726. The van der Waals surface area contributed by atoms with Crippen LogP contribution in [0.4, 0.5) is 5.82 Å². The SMILES string of the molecule is NC(=O)COCCNc1cnc2ccccc2n1. The molecule has 1 heterocycles. The minimum atomic E-state index is -0.472. The number of primary amides is 1. The van der Waals surface area contributed by atoms with E-state index in [0.29, 0.717) is 19.0 Å². The first kappa shape index (κ1) is 12.3. The molecule has 0 radical (unpaired) electrons. The second-order valence-electron chi connectivity index (χ2n) is 3.69. The van der Waals surface area contributed by atoms with E-state index in [1.54, 1.807) is 6.20 Å². The maximum absolute atomic E-state index is 10.4. The van der Waals surface area contributed by atoms with E-state index in [9.17, 15) is 4.79 Å². The van der Waals surface area contributed by atoms with Gasteiger partial charge in [0.1, 0.15) is 12.4 Å². The van der Waals surface area contributed by atoms with Crippen molar-refractivity contribution in [3.05, 3.63) is 30.5 Å². The number of nitrogens with two attached hydrogens (primary N) is 1. The molecule has 0 bridgehead atoms. The van der Waals surface area contributed by atoms with Crippen molar-refractivity contribution in [3.8, 4) is 0 Å². The number of ether oxygens (including phenoxy) is 1. The lowest BCUT2D eigenvalue weighted by atomic mass is 10.3. The van der Waals surface area contributed by atoms with Crippen molar-refractivity contribution < 1.29 is 9.53 Å². The summed E-state index contributed by atoms with van der Waals surface area (Å²) in [6.45, 7) is 0.864. The molecule has 0 aliphatic carbocycles. The van der Waals surface area contributed by atoms with Crippen LogP contribution >= 0.6 is 0 Å². The Morgan fingerprint density at radius 1 is 1.33 bits per heavy atom. The van der Waals surface area contributed by atoms with Crippen LogP contribution in [-0.4, -0.2) is 35.6 Å². The fourth-order valence-electron chi connectivity index (χ4n) is 1.47. The molecule has 0 spiro atoms. The molecule has 1 amide bonds. The molecule has 6 heteroatoms. The Hall–Kier alpha value is -2.21. The van der Waals surface area contributed by atoms with Gasteiger partial charge in [0.15, 0.2) is 0 Å². The normalized spacial score (nSPS) is 10.4. The summed E-state index contributed by atoms with van der Waals surface area (Å²) in [7, 11) is 0. The van der Waals surface area contributed by atoms with Crippen LogP contribution in [0.3, 0.4) is 0 Å². The third-order valence-corrected chi connectivity index (χ3v) is 2.25. The van der Waals surface area contributed by atoms with Gasteiger partial charge in [0.25, 0.3) is 0 Å². The maximum atomic E-state index is 10.4. The smallest absolute Gasteiger partial charge is 0.243 e. The van der Waals surface area contributed by atoms with Crippen LogP contribution < -0.4 is 11.1 Å². The minimum absolute atomic E-state index is 0.0644. The van der Waals surface area contributed by atoms with Gasteiger partial charge in [0, 0.05) is 6.54 Å². The molecule has 2 rings (SSSR count). The lowest BCUT2D eigenvalue weighted by molar-refractivity contribution is -0.122. The molecule has 1 aromatic carbocycles. The molecule has 0 atom stereocenters. The van der Waals surface area contributed by atoms with Crippen LogP contribution in [0, 0.1) is 0 Å². The Morgan fingerprint density at radius 2 is 2.11 bits per heavy atom. The molecule has 0 aliphatic heterocycles. The number of fused-ring (bicyclic) bond motifs is 1. The van der Waals surface area contributed by atoms with Crippen LogP contribution in [0.25, 0.3) is 11.0 Å². The van der Waals surface area contributed by atoms with Gasteiger partial charge < -0.3 is 15.8 Å². The van der Waals surface area contributed by atoms with Gasteiger partial charge in [-0.2, -0.15) is 0 Å².